The fourth-order valence-corrected chi connectivity index (χ4v) is 4.10. The second-order valence-corrected chi connectivity index (χ2v) is 7.28. The molecule has 2 heteroatoms. The van der Waals surface area contributed by atoms with Crippen molar-refractivity contribution in [2.24, 2.45) is 11.8 Å². The third kappa shape index (κ3) is 4.85. The molecule has 1 saturated carbocycles. The molecule has 2 nitrogen and oxygen atoms in total. The summed E-state index contributed by atoms with van der Waals surface area (Å²) < 4.78 is 4.64. The van der Waals surface area contributed by atoms with Crippen molar-refractivity contribution < 1.29 is 9.53 Å². The first-order valence-corrected chi connectivity index (χ1v) is 9.38. The van der Waals surface area contributed by atoms with Crippen LogP contribution in [0.15, 0.2) is 73.3 Å². The van der Waals surface area contributed by atoms with Crippen molar-refractivity contribution in [3.8, 4) is 0 Å². The lowest BCUT2D eigenvalue weighted by Gasteiger charge is -2.50. The molecule has 0 heterocycles. The molecule has 138 valence electrons. The molecule has 1 fully saturated rings. The van der Waals surface area contributed by atoms with Gasteiger partial charge in [0.1, 0.15) is 0 Å². The van der Waals surface area contributed by atoms with Crippen LogP contribution in [-0.4, -0.2) is 12.1 Å². The SMILES string of the molecule is C=CC(=O)OC(C)C.CC1C(c2ccccc2)C(C)C1c1ccccc1. The number of benzene rings is 2. The van der Waals surface area contributed by atoms with E-state index in [1.807, 2.05) is 0 Å². The van der Waals surface area contributed by atoms with Gasteiger partial charge in [0, 0.05) is 6.08 Å². The summed E-state index contributed by atoms with van der Waals surface area (Å²) in [5.41, 5.74) is 3.01. The summed E-state index contributed by atoms with van der Waals surface area (Å²) in [4.78, 5) is 10.3. The van der Waals surface area contributed by atoms with Gasteiger partial charge in [0.15, 0.2) is 0 Å². The molecule has 26 heavy (non-hydrogen) atoms. The fraction of sp³-hybridized carbons (Fsp3) is 0.375. The van der Waals surface area contributed by atoms with Crippen molar-refractivity contribution in [2.45, 2.75) is 45.6 Å². The summed E-state index contributed by atoms with van der Waals surface area (Å²) in [7, 11) is 0. The Morgan fingerprint density at radius 3 is 1.54 bits per heavy atom. The lowest BCUT2D eigenvalue weighted by atomic mass is 9.54. The van der Waals surface area contributed by atoms with Crippen molar-refractivity contribution in [1.82, 2.24) is 0 Å². The molecule has 0 saturated heterocycles. The monoisotopic (exact) mass is 350 g/mol. The largest absolute Gasteiger partial charge is 0.460 e. The zero-order valence-corrected chi connectivity index (χ0v) is 16.3. The number of carbonyl (C=O) groups is 1. The summed E-state index contributed by atoms with van der Waals surface area (Å²) >= 11 is 0. The van der Waals surface area contributed by atoms with Gasteiger partial charge in [-0.2, -0.15) is 0 Å². The minimum Gasteiger partial charge on any atom is -0.460 e. The van der Waals surface area contributed by atoms with Gasteiger partial charge in [-0.05, 0) is 48.6 Å². The Morgan fingerprint density at radius 1 is 0.885 bits per heavy atom. The third-order valence-corrected chi connectivity index (χ3v) is 5.15. The molecule has 2 aromatic carbocycles. The Bertz CT molecular complexity index is 633. The highest BCUT2D eigenvalue weighted by Gasteiger charge is 2.45. The van der Waals surface area contributed by atoms with E-state index in [1.165, 1.54) is 11.1 Å². The highest BCUT2D eigenvalue weighted by atomic mass is 16.5. The van der Waals surface area contributed by atoms with E-state index in [0.717, 1.165) is 29.7 Å². The van der Waals surface area contributed by atoms with E-state index in [9.17, 15) is 4.79 Å². The van der Waals surface area contributed by atoms with Gasteiger partial charge in [0.2, 0.25) is 0 Å². The Labute approximate surface area is 157 Å². The van der Waals surface area contributed by atoms with Gasteiger partial charge in [-0.25, -0.2) is 4.79 Å². The summed E-state index contributed by atoms with van der Waals surface area (Å²) in [5, 5.41) is 0. The second-order valence-electron chi connectivity index (χ2n) is 7.28. The van der Waals surface area contributed by atoms with Gasteiger partial charge < -0.3 is 4.74 Å². The van der Waals surface area contributed by atoms with Crippen LogP contribution in [0.2, 0.25) is 0 Å². The van der Waals surface area contributed by atoms with Gasteiger partial charge in [-0.15, -0.1) is 0 Å². The molecule has 0 spiro atoms. The van der Waals surface area contributed by atoms with Gasteiger partial charge in [-0.3, -0.25) is 0 Å². The van der Waals surface area contributed by atoms with Crippen LogP contribution in [0.25, 0.3) is 0 Å². The first kappa shape index (κ1) is 20.0. The molecule has 0 atom stereocenters. The lowest BCUT2D eigenvalue weighted by molar-refractivity contribution is -0.141. The van der Waals surface area contributed by atoms with Crippen LogP contribution in [0, 0.1) is 11.8 Å². The number of rotatable bonds is 4. The Balaban J connectivity index is 0.000000260. The van der Waals surface area contributed by atoms with E-state index in [2.05, 4.69) is 85.8 Å². The van der Waals surface area contributed by atoms with E-state index in [1.54, 1.807) is 13.8 Å². The zero-order valence-electron chi connectivity index (χ0n) is 16.3. The highest BCUT2D eigenvalue weighted by molar-refractivity contribution is 5.81. The number of hydrogen-bond donors (Lipinski definition) is 0. The van der Waals surface area contributed by atoms with Crippen LogP contribution in [0.1, 0.15) is 50.7 Å². The third-order valence-electron chi connectivity index (χ3n) is 5.15. The van der Waals surface area contributed by atoms with Gasteiger partial charge in [0.25, 0.3) is 0 Å². The van der Waals surface area contributed by atoms with Crippen LogP contribution in [0.3, 0.4) is 0 Å². The average molecular weight is 351 g/mol. The molecule has 1 aliphatic carbocycles. The van der Waals surface area contributed by atoms with Crippen molar-refractivity contribution in [3.63, 3.8) is 0 Å². The first-order valence-electron chi connectivity index (χ1n) is 9.38. The quantitative estimate of drug-likeness (QED) is 0.502. The molecule has 2 aromatic rings. The predicted octanol–water partition coefficient (Wildman–Crippen LogP) is 5.96. The number of carbonyl (C=O) groups excluding carboxylic acids is 1. The first-order chi connectivity index (χ1) is 12.5. The molecule has 0 N–H and O–H groups in total. The summed E-state index contributed by atoms with van der Waals surface area (Å²) in [6.45, 7) is 11.6. The molecule has 0 aromatic heterocycles. The molecule has 0 radical (unpaired) electrons. The molecular weight excluding hydrogens is 320 g/mol. The standard InChI is InChI=1S/C18H20.C6H10O2/c1-13-17(15-9-5-3-6-10-15)14(2)18(13)16-11-7-4-8-12-16;1-4-6(7)8-5(2)3/h3-14,17-18H,1-2H3;4-5H,1H2,2-3H3. The summed E-state index contributed by atoms with van der Waals surface area (Å²) in [5.74, 6) is 2.56. The van der Waals surface area contributed by atoms with Crippen molar-refractivity contribution >= 4 is 5.97 Å². The maximum atomic E-state index is 10.3. The minimum atomic E-state index is -0.361. The van der Waals surface area contributed by atoms with Crippen molar-refractivity contribution in [3.05, 3.63) is 84.4 Å². The van der Waals surface area contributed by atoms with E-state index in [4.69, 9.17) is 0 Å². The lowest BCUT2D eigenvalue weighted by Crippen LogP contribution is -2.39. The molecule has 0 bridgehead atoms. The van der Waals surface area contributed by atoms with Crippen molar-refractivity contribution in [2.75, 3.05) is 0 Å². The van der Waals surface area contributed by atoms with E-state index in [-0.39, 0.29) is 12.1 Å². The van der Waals surface area contributed by atoms with E-state index >= 15 is 0 Å². The van der Waals surface area contributed by atoms with Crippen LogP contribution < -0.4 is 0 Å². The maximum absolute atomic E-state index is 10.3. The number of hydrogen-bond acceptors (Lipinski definition) is 2. The van der Waals surface area contributed by atoms with Gasteiger partial charge in [0.05, 0.1) is 6.10 Å². The van der Waals surface area contributed by atoms with E-state index in [0.29, 0.717) is 0 Å². The van der Waals surface area contributed by atoms with Crippen LogP contribution >= 0.6 is 0 Å². The molecule has 0 aliphatic heterocycles. The Hall–Kier alpha value is -2.35. The number of esters is 1. The molecule has 1 aliphatic rings. The predicted molar refractivity (Wildman–Crippen MR) is 108 cm³/mol. The van der Waals surface area contributed by atoms with E-state index < -0.39 is 0 Å². The summed E-state index contributed by atoms with van der Waals surface area (Å²) in [6, 6.07) is 21.9. The smallest absolute Gasteiger partial charge is 0.330 e. The topological polar surface area (TPSA) is 26.3 Å². The molecular formula is C24H30O2. The van der Waals surface area contributed by atoms with Gasteiger partial charge in [-0.1, -0.05) is 81.1 Å². The second kappa shape index (κ2) is 9.38. The van der Waals surface area contributed by atoms with Crippen molar-refractivity contribution in [1.29, 1.82) is 0 Å². The zero-order chi connectivity index (χ0) is 19.1. The van der Waals surface area contributed by atoms with Crippen LogP contribution in [0.5, 0.6) is 0 Å². The minimum absolute atomic E-state index is 0.0412. The fourth-order valence-electron chi connectivity index (χ4n) is 4.10. The summed E-state index contributed by atoms with van der Waals surface area (Å²) in [6.07, 6.45) is 1.11. The van der Waals surface area contributed by atoms with Gasteiger partial charge >= 0.3 is 5.97 Å². The maximum Gasteiger partial charge on any atom is 0.330 e. The van der Waals surface area contributed by atoms with Crippen LogP contribution in [0.4, 0.5) is 0 Å². The number of ether oxygens (including phenoxy) is 1. The molecule has 0 amide bonds. The Morgan fingerprint density at radius 2 is 1.27 bits per heavy atom. The average Bonchev–Trinajstić information content (AvgIpc) is 2.63. The molecule has 3 rings (SSSR count). The highest BCUT2D eigenvalue weighted by Crippen LogP contribution is 2.56. The Kier molecular flexibility index (Phi) is 7.20. The normalized spacial score (nSPS) is 24.0. The van der Waals surface area contributed by atoms with Crippen LogP contribution in [-0.2, 0) is 9.53 Å². The molecule has 0 unspecified atom stereocenters.